The topological polar surface area (TPSA) is 62.2 Å². The predicted octanol–water partition coefficient (Wildman–Crippen LogP) is 2.30. The van der Waals surface area contributed by atoms with E-state index in [9.17, 15) is 4.79 Å². The maximum atomic E-state index is 12.0. The van der Waals surface area contributed by atoms with Gasteiger partial charge in [0.2, 0.25) is 0 Å². The van der Waals surface area contributed by atoms with Gasteiger partial charge < -0.3 is 10.3 Å². The zero-order valence-electron chi connectivity index (χ0n) is 11.4. The Balaban J connectivity index is 2.02. The molecule has 0 aliphatic carbocycles. The molecule has 0 bridgehead atoms. The third-order valence-electron chi connectivity index (χ3n) is 4.16. The lowest BCUT2D eigenvalue weighted by Crippen LogP contribution is -2.28. The molecular formula is C15H15ClN4O. The van der Waals surface area contributed by atoms with Crippen molar-refractivity contribution in [1.29, 1.82) is 0 Å². The van der Waals surface area contributed by atoms with Crippen LogP contribution in [0, 0.1) is 0 Å². The van der Waals surface area contributed by atoms with Crippen molar-refractivity contribution >= 4 is 28.2 Å². The van der Waals surface area contributed by atoms with Crippen LogP contribution in [0.5, 0.6) is 0 Å². The second-order valence-electron chi connectivity index (χ2n) is 5.50. The molecule has 1 fully saturated rings. The molecule has 0 unspecified atom stereocenters. The van der Waals surface area contributed by atoms with Gasteiger partial charge in [-0.2, -0.15) is 5.10 Å². The van der Waals surface area contributed by atoms with Gasteiger partial charge in [-0.3, -0.25) is 4.79 Å². The summed E-state index contributed by atoms with van der Waals surface area (Å²) in [5.74, 6) is 0.362. The highest BCUT2D eigenvalue weighted by atomic mass is 35.5. The first-order valence-electron chi connectivity index (χ1n) is 7.14. The van der Waals surface area contributed by atoms with E-state index in [2.05, 4.69) is 15.4 Å². The van der Waals surface area contributed by atoms with E-state index in [0.717, 1.165) is 48.2 Å². The van der Waals surface area contributed by atoms with Gasteiger partial charge in [-0.1, -0.05) is 11.6 Å². The third-order valence-corrected chi connectivity index (χ3v) is 4.39. The van der Waals surface area contributed by atoms with Gasteiger partial charge in [-0.15, -0.1) is 0 Å². The molecule has 1 aromatic carbocycles. The van der Waals surface area contributed by atoms with Gasteiger partial charge in [-0.25, -0.2) is 4.52 Å². The number of hydrogen-bond donors (Lipinski definition) is 2. The monoisotopic (exact) mass is 302 g/mol. The van der Waals surface area contributed by atoms with Gasteiger partial charge in [-0.05, 0) is 44.1 Å². The summed E-state index contributed by atoms with van der Waals surface area (Å²) >= 11 is 6.07. The van der Waals surface area contributed by atoms with E-state index in [1.54, 1.807) is 6.07 Å². The molecule has 1 aliphatic rings. The summed E-state index contributed by atoms with van der Waals surface area (Å²) in [5, 5.41) is 9.52. The normalized spacial score (nSPS) is 16.8. The highest BCUT2D eigenvalue weighted by Gasteiger charge is 2.20. The van der Waals surface area contributed by atoms with Crippen LogP contribution in [0.3, 0.4) is 0 Å². The van der Waals surface area contributed by atoms with Crippen molar-refractivity contribution in [2.75, 3.05) is 13.1 Å². The minimum atomic E-state index is -0.0854. The summed E-state index contributed by atoms with van der Waals surface area (Å²) in [6.07, 6.45) is 2.05. The van der Waals surface area contributed by atoms with Crippen molar-refractivity contribution < 1.29 is 0 Å². The van der Waals surface area contributed by atoms with Gasteiger partial charge in [0.05, 0.1) is 11.2 Å². The molecule has 3 aromatic rings. The summed E-state index contributed by atoms with van der Waals surface area (Å²) in [6, 6.07) is 7.23. The molecule has 1 aliphatic heterocycles. The molecule has 5 nitrogen and oxygen atoms in total. The van der Waals surface area contributed by atoms with Crippen molar-refractivity contribution in [3.8, 4) is 0 Å². The number of nitrogens with one attached hydrogen (secondary N) is 2. The van der Waals surface area contributed by atoms with Crippen LogP contribution in [0.15, 0.2) is 29.1 Å². The molecule has 0 radical (unpaired) electrons. The molecule has 108 valence electrons. The number of aromatic amines is 1. The zero-order chi connectivity index (χ0) is 14.4. The van der Waals surface area contributed by atoms with Gasteiger partial charge in [0.25, 0.3) is 5.56 Å². The first-order chi connectivity index (χ1) is 10.2. The van der Waals surface area contributed by atoms with Gasteiger partial charge in [0.1, 0.15) is 5.65 Å². The highest BCUT2D eigenvalue weighted by Crippen LogP contribution is 2.27. The fourth-order valence-corrected chi connectivity index (χ4v) is 3.29. The first kappa shape index (κ1) is 12.9. The van der Waals surface area contributed by atoms with Crippen LogP contribution >= 0.6 is 11.6 Å². The van der Waals surface area contributed by atoms with Gasteiger partial charge >= 0.3 is 0 Å². The molecule has 0 atom stereocenters. The smallest absolute Gasteiger partial charge is 0.251 e. The van der Waals surface area contributed by atoms with Crippen LogP contribution in [0.1, 0.15) is 24.5 Å². The number of piperidine rings is 1. The maximum Gasteiger partial charge on any atom is 0.251 e. The Hall–Kier alpha value is -1.85. The second kappa shape index (κ2) is 4.86. The Kier molecular flexibility index (Phi) is 2.97. The van der Waals surface area contributed by atoms with Crippen LogP contribution < -0.4 is 10.9 Å². The number of H-pyrrole nitrogens is 1. The van der Waals surface area contributed by atoms with Crippen LogP contribution in [0.4, 0.5) is 0 Å². The van der Waals surface area contributed by atoms with E-state index in [0.29, 0.717) is 10.9 Å². The SMILES string of the molecule is O=c1cc(C2CCNCC2)n2nc3ccc(Cl)cc3c2[nH]1. The lowest BCUT2D eigenvalue weighted by atomic mass is 9.94. The average Bonchev–Trinajstić information content (AvgIpc) is 2.85. The lowest BCUT2D eigenvalue weighted by Gasteiger charge is -2.23. The first-order valence-corrected chi connectivity index (χ1v) is 7.52. The summed E-state index contributed by atoms with van der Waals surface area (Å²) < 4.78 is 1.87. The van der Waals surface area contributed by atoms with Crippen molar-refractivity contribution in [3.05, 3.63) is 45.3 Å². The van der Waals surface area contributed by atoms with Gasteiger partial charge in [0.15, 0.2) is 0 Å². The van der Waals surface area contributed by atoms with Gasteiger partial charge in [0, 0.05) is 22.4 Å². The molecule has 2 aromatic heterocycles. The van der Waals surface area contributed by atoms with Crippen LogP contribution in [-0.2, 0) is 0 Å². The average molecular weight is 303 g/mol. The van der Waals surface area contributed by atoms with Crippen molar-refractivity contribution in [1.82, 2.24) is 19.9 Å². The van der Waals surface area contributed by atoms with Crippen molar-refractivity contribution in [2.45, 2.75) is 18.8 Å². The third kappa shape index (κ3) is 2.13. The molecular weight excluding hydrogens is 288 g/mol. The second-order valence-corrected chi connectivity index (χ2v) is 5.94. The van der Waals surface area contributed by atoms with E-state index in [1.807, 2.05) is 22.7 Å². The fourth-order valence-electron chi connectivity index (χ4n) is 3.12. The van der Waals surface area contributed by atoms with E-state index < -0.39 is 0 Å². The molecule has 3 heterocycles. The number of nitrogens with zero attached hydrogens (tertiary/aromatic N) is 2. The molecule has 0 spiro atoms. The fraction of sp³-hybridized carbons (Fsp3) is 0.333. The van der Waals surface area contributed by atoms with Crippen molar-refractivity contribution in [3.63, 3.8) is 0 Å². The van der Waals surface area contributed by atoms with E-state index in [4.69, 9.17) is 11.6 Å². The number of fused-ring (bicyclic) bond motifs is 3. The highest BCUT2D eigenvalue weighted by molar-refractivity contribution is 6.31. The molecule has 0 saturated carbocycles. The summed E-state index contributed by atoms with van der Waals surface area (Å²) in [4.78, 5) is 14.9. The Bertz CT molecular complexity index is 876. The Morgan fingerprint density at radius 1 is 1.24 bits per heavy atom. The van der Waals surface area contributed by atoms with E-state index in [-0.39, 0.29) is 5.56 Å². The quantitative estimate of drug-likeness (QED) is 0.725. The standard InChI is InChI=1S/C15H15ClN4O/c16-10-1-2-12-11(7-10)15-18-14(21)8-13(20(15)19-12)9-3-5-17-6-4-9/h1-2,7-9,17H,3-6H2,(H,18,21). The summed E-state index contributed by atoms with van der Waals surface area (Å²) in [5.41, 5.74) is 2.48. The largest absolute Gasteiger partial charge is 0.317 e. The molecule has 0 amide bonds. The zero-order valence-corrected chi connectivity index (χ0v) is 12.2. The molecule has 2 N–H and O–H groups in total. The van der Waals surface area contributed by atoms with Crippen molar-refractivity contribution in [2.24, 2.45) is 0 Å². The maximum absolute atomic E-state index is 12.0. The molecule has 6 heteroatoms. The number of hydrogen-bond acceptors (Lipinski definition) is 3. The minimum Gasteiger partial charge on any atom is -0.317 e. The van der Waals surface area contributed by atoms with E-state index >= 15 is 0 Å². The molecule has 21 heavy (non-hydrogen) atoms. The summed E-state index contributed by atoms with van der Waals surface area (Å²) in [6.45, 7) is 1.96. The van der Waals surface area contributed by atoms with Crippen LogP contribution in [0.2, 0.25) is 5.02 Å². The number of aromatic nitrogens is 3. The predicted molar refractivity (Wildman–Crippen MR) is 83.2 cm³/mol. The Labute approximate surface area is 125 Å². The number of halogens is 1. The Morgan fingerprint density at radius 2 is 2.05 bits per heavy atom. The summed E-state index contributed by atoms with van der Waals surface area (Å²) in [7, 11) is 0. The molecule has 4 rings (SSSR count). The Morgan fingerprint density at radius 3 is 2.86 bits per heavy atom. The minimum absolute atomic E-state index is 0.0854. The van der Waals surface area contributed by atoms with Crippen LogP contribution in [0.25, 0.3) is 16.6 Å². The van der Waals surface area contributed by atoms with E-state index in [1.165, 1.54) is 0 Å². The molecule has 1 saturated heterocycles. The van der Waals surface area contributed by atoms with Crippen LogP contribution in [-0.4, -0.2) is 27.7 Å². The lowest BCUT2D eigenvalue weighted by molar-refractivity contribution is 0.446. The number of rotatable bonds is 1. The number of benzene rings is 1.